The van der Waals surface area contributed by atoms with Crippen LogP contribution in [0.4, 0.5) is 13.2 Å². The fraction of sp³-hybridized carbons (Fsp3) is 0.636. The molecule has 0 radical (unpaired) electrons. The summed E-state index contributed by atoms with van der Waals surface area (Å²) in [6.07, 6.45) is -11.2. The minimum atomic E-state index is -5.36. The van der Waals surface area contributed by atoms with Crippen molar-refractivity contribution in [3.8, 4) is 0 Å². The minimum Gasteiger partial charge on any atom is -0.394 e. The van der Waals surface area contributed by atoms with Gasteiger partial charge in [0.25, 0.3) is 5.56 Å². The average molecular weight is 326 g/mol. The molecule has 0 aliphatic carbocycles. The van der Waals surface area contributed by atoms with E-state index in [2.05, 4.69) is 0 Å². The maximum absolute atomic E-state index is 13.2. The van der Waals surface area contributed by atoms with Crippen LogP contribution in [0.25, 0.3) is 0 Å². The third-order valence-corrected chi connectivity index (χ3v) is 3.52. The van der Waals surface area contributed by atoms with Crippen molar-refractivity contribution in [3.05, 3.63) is 32.6 Å². The van der Waals surface area contributed by atoms with Crippen LogP contribution in [-0.2, 0) is 4.74 Å². The van der Waals surface area contributed by atoms with E-state index in [0.29, 0.717) is 4.57 Å². The number of ether oxygens (including phenoxy) is 1. The molecule has 2 heterocycles. The van der Waals surface area contributed by atoms with Gasteiger partial charge in [-0.25, -0.2) is 4.79 Å². The van der Waals surface area contributed by atoms with Gasteiger partial charge < -0.3 is 20.1 Å². The Morgan fingerprint density at radius 2 is 2.05 bits per heavy atom. The van der Waals surface area contributed by atoms with Gasteiger partial charge in [-0.1, -0.05) is 0 Å². The predicted molar refractivity (Wildman–Crippen MR) is 64.1 cm³/mol. The van der Waals surface area contributed by atoms with E-state index in [1.807, 2.05) is 0 Å². The van der Waals surface area contributed by atoms with Crippen molar-refractivity contribution in [3.63, 3.8) is 0 Å². The summed E-state index contributed by atoms with van der Waals surface area (Å²) in [4.78, 5) is 24.7. The number of nitrogens with zero attached hydrogens (tertiary/aromatic N) is 1. The second-order valence-corrected chi connectivity index (χ2v) is 4.96. The van der Waals surface area contributed by atoms with E-state index in [1.165, 1.54) is 6.92 Å². The van der Waals surface area contributed by atoms with Crippen LogP contribution in [0.3, 0.4) is 0 Å². The van der Waals surface area contributed by atoms with Crippen molar-refractivity contribution in [1.29, 1.82) is 0 Å². The summed E-state index contributed by atoms with van der Waals surface area (Å²) in [6.45, 7) is 0.226. The number of halogens is 3. The third kappa shape index (κ3) is 2.26. The number of hydrogen-bond acceptors (Lipinski definition) is 6. The normalized spacial score (nSPS) is 32.4. The molecule has 1 aliphatic rings. The van der Waals surface area contributed by atoms with Crippen molar-refractivity contribution in [2.24, 2.45) is 0 Å². The monoisotopic (exact) mass is 326 g/mol. The standard InChI is InChI=1S/C11H13F3N2O6/c1-4-2-16(9(20)15-7(4)19)8-10(21,11(12,13)14)6(18)5(3-17)22-8/h2,5-6,8,17-18,21H,3H2,1H3,(H,15,19,20)/t5-,6-,8-,10-/m1/s1. The SMILES string of the molecule is Cc1cn([C@@H]2O[C@H](CO)[C@@H](O)[C@]2(O)C(F)(F)F)c(=O)[nH]c1=O. The number of aromatic nitrogens is 2. The van der Waals surface area contributed by atoms with Crippen LogP contribution >= 0.6 is 0 Å². The fourth-order valence-electron chi connectivity index (χ4n) is 2.26. The Morgan fingerprint density at radius 3 is 2.55 bits per heavy atom. The number of aliphatic hydroxyl groups excluding tert-OH is 2. The Balaban J connectivity index is 2.65. The quantitative estimate of drug-likeness (QED) is 0.518. The first-order valence-corrected chi connectivity index (χ1v) is 6.09. The zero-order chi connectivity index (χ0) is 16.9. The van der Waals surface area contributed by atoms with E-state index < -0.39 is 48.1 Å². The molecule has 1 aromatic rings. The first-order chi connectivity index (χ1) is 10.0. The topological polar surface area (TPSA) is 125 Å². The van der Waals surface area contributed by atoms with Crippen molar-refractivity contribution in [1.82, 2.24) is 9.55 Å². The van der Waals surface area contributed by atoms with Gasteiger partial charge in [0.2, 0.25) is 5.60 Å². The Morgan fingerprint density at radius 1 is 1.45 bits per heavy atom. The van der Waals surface area contributed by atoms with Crippen LogP contribution in [0.2, 0.25) is 0 Å². The van der Waals surface area contributed by atoms with Gasteiger partial charge in [-0.05, 0) is 6.92 Å². The molecule has 8 nitrogen and oxygen atoms in total. The Hall–Kier alpha value is -1.69. The van der Waals surface area contributed by atoms with Gasteiger partial charge in [-0.15, -0.1) is 0 Å². The molecule has 0 aromatic carbocycles. The van der Waals surface area contributed by atoms with Crippen molar-refractivity contribution >= 4 is 0 Å². The molecule has 1 saturated heterocycles. The first kappa shape index (κ1) is 16.7. The van der Waals surface area contributed by atoms with Gasteiger partial charge in [-0.3, -0.25) is 14.3 Å². The van der Waals surface area contributed by atoms with Gasteiger partial charge in [0.05, 0.1) is 6.61 Å². The first-order valence-electron chi connectivity index (χ1n) is 6.09. The number of nitrogens with one attached hydrogen (secondary N) is 1. The van der Waals surface area contributed by atoms with Crippen molar-refractivity contribution in [2.75, 3.05) is 6.61 Å². The van der Waals surface area contributed by atoms with Crippen LogP contribution in [0.5, 0.6) is 0 Å². The second-order valence-electron chi connectivity index (χ2n) is 4.96. The zero-order valence-corrected chi connectivity index (χ0v) is 11.2. The fourth-order valence-corrected chi connectivity index (χ4v) is 2.26. The van der Waals surface area contributed by atoms with Crippen LogP contribution < -0.4 is 11.2 Å². The van der Waals surface area contributed by atoms with Gasteiger partial charge in [0.1, 0.15) is 12.2 Å². The second kappa shape index (κ2) is 5.19. The highest BCUT2D eigenvalue weighted by molar-refractivity contribution is 5.09. The van der Waals surface area contributed by atoms with Crippen LogP contribution in [0.1, 0.15) is 11.8 Å². The molecule has 4 N–H and O–H groups in total. The molecular formula is C11H13F3N2O6. The highest BCUT2D eigenvalue weighted by atomic mass is 19.4. The molecule has 0 amide bonds. The van der Waals surface area contributed by atoms with E-state index in [0.717, 1.165) is 6.20 Å². The molecular weight excluding hydrogens is 313 g/mol. The average Bonchev–Trinajstić information content (AvgIpc) is 2.67. The number of hydrogen-bond donors (Lipinski definition) is 4. The molecule has 0 spiro atoms. The summed E-state index contributed by atoms with van der Waals surface area (Å²) in [7, 11) is 0. The summed E-state index contributed by atoms with van der Waals surface area (Å²) < 4.78 is 44.7. The number of aromatic amines is 1. The smallest absolute Gasteiger partial charge is 0.394 e. The van der Waals surface area contributed by atoms with Crippen molar-refractivity contribution in [2.45, 2.75) is 37.1 Å². The molecule has 11 heteroatoms. The summed E-state index contributed by atoms with van der Waals surface area (Å²) >= 11 is 0. The van der Waals surface area contributed by atoms with E-state index in [-0.39, 0.29) is 5.56 Å². The number of aliphatic hydroxyl groups is 3. The molecule has 1 aliphatic heterocycles. The molecule has 0 saturated carbocycles. The lowest BCUT2D eigenvalue weighted by Crippen LogP contribution is -2.59. The molecule has 0 unspecified atom stereocenters. The summed E-state index contributed by atoms with van der Waals surface area (Å²) in [6, 6.07) is 0. The summed E-state index contributed by atoms with van der Waals surface area (Å²) in [5.41, 5.74) is -5.99. The Kier molecular flexibility index (Phi) is 3.94. The van der Waals surface area contributed by atoms with E-state index in [4.69, 9.17) is 9.84 Å². The highest BCUT2D eigenvalue weighted by Gasteiger charge is 2.70. The summed E-state index contributed by atoms with van der Waals surface area (Å²) in [5.74, 6) is 0. The van der Waals surface area contributed by atoms with Gasteiger partial charge >= 0.3 is 11.9 Å². The summed E-state index contributed by atoms with van der Waals surface area (Å²) in [5, 5.41) is 28.5. The number of rotatable bonds is 2. The minimum absolute atomic E-state index is 0.102. The lowest BCUT2D eigenvalue weighted by atomic mass is 9.93. The zero-order valence-electron chi connectivity index (χ0n) is 11.2. The van der Waals surface area contributed by atoms with E-state index >= 15 is 0 Å². The molecule has 22 heavy (non-hydrogen) atoms. The van der Waals surface area contributed by atoms with Gasteiger partial charge in [-0.2, -0.15) is 13.2 Å². The number of H-pyrrole nitrogens is 1. The van der Waals surface area contributed by atoms with Gasteiger partial charge in [0, 0.05) is 11.8 Å². The molecule has 124 valence electrons. The van der Waals surface area contributed by atoms with Crippen LogP contribution in [0.15, 0.2) is 15.8 Å². The Bertz CT molecular complexity index is 684. The van der Waals surface area contributed by atoms with Crippen LogP contribution in [0, 0.1) is 6.92 Å². The number of aryl methyl sites for hydroxylation is 1. The maximum atomic E-state index is 13.2. The highest BCUT2D eigenvalue weighted by Crippen LogP contribution is 2.47. The largest absolute Gasteiger partial charge is 0.424 e. The predicted octanol–water partition coefficient (Wildman–Crippen LogP) is -1.61. The maximum Gasteiger partial charge on any atom is 0.424 e. The number of alkyl halides is 3. The molecule has 0 bridgehead atoms. The third-order valence-electron chi connectivity index (χ3n) is 3.52. The lowest BCUT2D eigenvalue weighted by Gasteiger charge is -2.33. The molecule has 1 fully saturated rings. The van der Waals surface area contributed by atoms with Crippen molar-refractivity contribution < 1.29 is 33.2 Å². The lowest BCUT2D eigenvalue weighted by molar-refractivity contribution is -0.304. The van der Waals surface area contributed by atoms with Crippen LogP contribution in [-0.4, -0.2) is 55.5 Å². The molecule has 4 atom stereocenters. The van der Waals surface area contributed by atoms with E-state index in [1.54, 1.807) is 4.98 Å². The van der Waals surface area contributed by atoms with Gasteiger partial charge in [0.15, 0.2) is 6.23 Å². The molecule has 1 aromatic heterocycles. The molecule has 2 rings (SSSR count). The van der Waals surface area contributed by atoms with E-state index in [9.17, 15) is 33.0 Å². The Labute approximate surface area is 120 Å².